The SMILES string of the molecule is O=[N+]([O-])c1c([O-])c([N+](=O)[O-])c(O)c([N+](=O)[O-])c1O.[Cs+]. The Morgan fingerprint density at radius 2 is 1.00 bits per heavy atom. The molecular formula is C6H2CsN3O9. The van der Waals surface area contributed by atoms with Gasteiger partial charge in [-0.15, -0.1) is 0 Å². The second-order valence-electron chi connectivity index (χ2n) is 2.84. The molecular weight excluding hydrogens is 391 g/mol. The van der Waals surface area contributed by atoms with Crippen LogP contribution in [-0.2, 0) is 0 Å². The van der Waals surface area contributed by atoms with Gasteiger partial charge in [0.1, 0.15) is 0 Å². The van der Waals surface area contributed by atoms with Crippen molar-refractivity contribution in [1.29, 1.82) is 0 Å². The molecule has 96 valence electrons. The third kappa shape index (κ3) is 3.07. The average molecular weight is 393 g/mol. The quantitative estimate of drug-likeness (QED) is 0.395. The fraction of sp³-hybridized carbons (Fsp3) is 0. The van der Waals surface area contributed by atoms with Crippen molar-refractivity contribution in [1.82, 2.24) is 0 Å². The number of aromatic hydroxyl groups is 2. The molecule has 0 amide bonds. The zero-order chi connectivity index (χ0) is 14.2. The summed E-state index contributed by atoms with van der Waals surface area (Å²) >= 11 is 0. The molecule has 13 heteroatoms. The van der Waals surface area contributed by atoms with Crippen LogP contribution in [0.1, 0.15) is 0 Å². The summed E-state index contributed by atoms with van der Waals surface area (Å²) in [6, 6.07) is 0. The van der Waals surface area contributed by atoms with E-state index in [0.717, 1.165) is 0 Å². The van der Waals surface area contributed by atoms with Gasteiger partial charge >= 0.3 is 86.0 Å². The number of phenolic OH excluding ortho intramolecular Hbond substituents is 2. The van der Waals surface area contributed by atoms with Crippen LogP contribution in [0.15, 0.2) is 0 Å². The number of rotatable bonds is 3. The van der Waals surface area contributed by atoms with Crippen molar-refractivity contribution in [3.05, 3.63) is 30.3 Å². The van der Waals surface area contributed by atoms with Crippen LogP contribution in [0.4, 0.5) is 17.1 Å². The second-order valence-corrected chi connectivity index (χ2v) is 2.84. The standard InChI is InChI=1S/C6H3N3O9.Cs/c10-4-1(7(13)14)5(11)3(9(17)18)6(12)2(4)8(15)16;/h10-12H;/q;+1/p-1. The summed E-state index contributed by atoms with van der Waals surface area (Å²) < 4.78 is 0. The topological polar surface area (TPSA) is 193 Å². The van der Waals surface area contributed by atoms with Gasteiger partial charge in [-0.25, -0.2) is 0 Å². The minimum atomic E-state index is -1.93. The summed E-state index contributed by atoms with van der Waals surface area (Å²) in [4.78, 5) is 26.8. The van der Waals surface area contributed by atoms with Gasteiger partial charge in [0.15, 0.2) is 0 Å². The van der Waals surface area contributed by atoms with E-state index >= 15 is 0 Å². The monoisotopic (exact) mass is 393 g/mol. The van der Waals surface area contributed by atoms with Gasteiger partial charge in [0, 0.05) is 0 Å². The van der Waals surface area contributed by atoms with Crippen LogP contribution in [0.5, 0.6) is 17.2 Å². The summed E-state index contributed by atoms with van der Waals surface area (Å²) in [7, 11) is 0. The van der Waals surface area contributed by atoms with Gasteiger partial charge in [-0.05, 0) is 0 Å². The van der Waals surface area contributed by atoms with Gasteiger partial charge < -0.3 is 15.3 Å². The van der Waals surface area contributed by atoms with Crippen molar-refractivity contribution in [3.63, 3.8) is 0 Å². The molecule has 1 rings (SSSR count). The minimum Gasteiger partial charge on any atom is -0.863 e. The van der Waals surface area contributed by atoms with E-state index in [2.05, 4.69) is 0 Å². The smallest absolute Gasteiger partial charge is 0.863 e. The van der Waals surface area contributed by atoms with Gasteiger partial charge in [0.25, 0.3) is 11.5 Å². The number of nitro benzene ring substituents is 3. The molecule has 1 aromatic carbocycles. The average Bonchev–Trinajstić information content (AvgIpc) is 2.14. The molecule has 0 spiro atoms. The maximum atomic E-state index is 11.2. The molecule has 0 atom stereocenters. The Labute approximate surface area is 161 Å². The molecule has 0 aliphatic heterocycles. The number of benzene rings is 1. The van der Waals surface area contributed by atoms with E-state index in [-0.39, 0.29) is 68.9 Å². The van der Waals surface area contributed by atoms with Crippen LogP contribution in [0, 0.1) is 30.3 Å². The summed E-state index contributed by atoms with van der Waals surface area (Å²) in [6.07, 6.45) is 0. The number of phenols is 2. The third-order valence-corrected chi connectivity index (χ3v) is 1.88. The van der Waals surface area contributed by atoms with Gasteiger partial charge in [-0.1, -0.05) is 0 Å². The molecule has 0 aliphatic carbocycles. The number of nitro groups is 3. The normalized spacial score (nSPS) is 9.47. The molecule has 1 aromatic rings. The van der Waals surface area contributed by atoms with Crippen LogP contribution in [0.3, 0.4) is 0 Å². The zero-order valence-corrected chi connectivity index (χ0v) is 15.4. The Morgan fingerprint density at radius 1 is 0.737 bits per heavy atom. The van der Waals surface area contributed by atoms with Gasteiger partial charge in [0.2, 0.25) is 0 Å². The zero-order valence-electron chi connectivity index (χ0n) is 9.09. The van der Waals surface area contributed by atoms with E-state index in [1.54, 1.807) is 0 Å². The molecule has 0 fully saturated rings. The maximum absolute atomic E-state index is 11.2. The van der Waals surface area contributed by atoms with Gasteiger partial charge in [-0.3, -0.25) is 30.3 Å². The molecule has 0 radical (unpaired) electrons. The predicted molar refractivity (Wildman–Crippen MR) is 49.2 cm³/mol. The predicted octanol–water partition coefficient (Wildman–Crippen LogP) is -3.10. The molecule has 0 heterocycles. The summed E-state index contributed by atoms with van der Waals surface area (Å²) in [6.45, 7) is 0. The van der Waals surface area contributed by atoms with E-state index < -0.39 is 49.1 Å². The molecule has 12 nitrogen and oxygen atoms in total. The van der Waals surface area contributed by atoms with Crippen LogP contribution >= 0.6 is 0 Å². The largest absolute Gasteiger partial charge is 1.00 e. The van der Waals surface area contributed by atoms with Crippen LogP contribution in [0.2, 0.25) is 0 Å². The number of hydrogen-bond donors (Lipinski definition) is 2. The molecule has 0 bridgehead atoms. The minimum absolute atomic E-state index is 0. The van der Waals surface area contributed by atoms with Gasteiger partial charge in [-0.2, -0.15) is 0 Å². The van der Waals surface area contributed by atoms with Crippen molar-refractivity contribution < 1.29 is 99.0 Å². The van der Waals surface area contributed by atoms with E-state index in [1.165, 1.54) is 0 Å². The third-order valence-electron chi connectivity index (χ3n) is 1.88. The van der Waals surface area contributed by atoms with Crippen LogP contribution in [-0.4, -0.2) is 25.0 Å². The molecule has 0 saturated carbocycles. The van der Waals surface area contributed by atoms with Crippen molar-refractivity contribution in [2.75, 3.05) is 0 Å². The van der Waals surface area contributed by atoms with E-state index in [9.17, 15) is 35.4 Å². The fourth-order valence-electron chi connectivity index (χ4n) is 1.18. The summed E-state index contributed by atoms with van der Waals surface area (Å²) in [5, 5.41) is 60.8. The van der Waals surface area contributed by atoms with E-state index in [0.29, 0.717) is 0 Å². The Kier molecular flexibility index (Phi) is 5.97. The summed E-state index contributed by atoms with van der Waals surface area (Å²) in [5.74, 6) is -5.40. The number of hydrogen-bond acceptors (Lipinski definition) is 9. The number of nitrogens with zero attached hydrogens (tertiary/aromatic N) is 3. The van der Waals surface area contributed by atoms with Crippen LogP contribution in [0.25, 0.3) is 0 Å². The molecule has 0 saturated heterocycles. The molecule has 0 aromatic heterocycles. The van der Waals surface area contributed by atoms with Gasteiger partial charge in [0.05, 0.1) is 20.5 Å². The molecule has 2 N–H and O–H groups in total. The Balaban J connectivity index is 0.00000324. The Bertz CT molecular complexity index is 484. The van der Waals surface area contributed by atoms with Crippen molar-refractivity contribution >= 4 is 17.1 Å². The first-order valence-electron chi connectivity index (χ1n) is 3.92. The summed E-state index contributed by atoms with van der Waals surface area (Å²) in [5.41, 5.74) is -5.16. The van der Waals surface area contributed by atoms with E-state index in [4.69, 9.17) is 10.2 Å². The molecule has 0 aliphatic rings. The van der Waals surface area contributed by atoms with Crippen LogP contribution < -0.4 is 74.0 Å². The van der Waals surface area contributed by atoms with E-state index in [1.807, 2.05) is 0 Å². The maximum Gasteiger partial charge on any atom is 1.00 e. The first-order valence-corrected chi connectivity index (χ1v) is 3.92. The van der Waals surface area contributed by atoms with Crippen molar-refractivity contribution in [2.45, 2.75) is 0 Å². The molecule has 0 unspecified atom stereocenters. The fourth-order valence-corrected chi connectivity index (χ4v) is 1.18. The van der Waals surface area contributed by atoms with Crippen molar-refractivity contribution in [2.24, 2.45) is 0 Å². The second kappa shape index (κ2) is 6.35. The Hall–Kier alpha value is -1.13. The Morgan fingerprint density at radius 3 is 1.21 bits per heavy atom. The first-order chi connectivity index (χ1) is 8.20. The van der Waals surface area contributed by atoms with Crippen molar-refractivity contribution in [3.8, 4) is 17.2 Å². The first kappa shape index (κ1) is 17.9. The molecule has 19 heavy (non-hydrogen) atoms.